The molecule has 0 aromatic heterocycles. The Balaban J connectivity index is 1.93. The molecule has 7 heteroatoms. The first-order valence-corrected chi connectivity index (χ1v) is 9.69. The highest BCUT2D eigenvalue weighted by molar-refractivity contribution is 6.43. The summed E-state index contributed by atoms with van der Waals surface area (Å²) >= 11 is 12.0. The van der Waals surface area contributed by atoms with Crippen molar-refractivity contribution >= 4 is 46.6 Å². The van der Waals surface area contributed by atoms with Crippen molar-refractivity contribution in [3.8, 4) is 0 Å². The normalized spacial score (nSPS) is 14.4. The van der Waals surface area contributed by atoms with Gasteiger partial charge in [0, 0.05) is 5.69 Å². The van der Waals surface area contributed by atoms with Crippen LogP contribution in [0.2, 0.25) is 10.0 Å². The zero-order valence-corrected chi connectivity index (χ0v) is 17.3. The van der Waals surface area contributed by atoms with E-state index in [-0.39, 0.29) is 27.1 Å². The van der Waals surface area contributed by atoms with Crippen LogP contribution in [0.3, 0.4) is 0 Å². The number of rotatable bonds is 5. The Labute approximate surface area is 173 Å². The highest BCUT2D eigenvalue weighted by Crippen LogP contribution is 2.33. The predicted octanol–water partition coefficient (Wildman–Crippen LogP) is 4.95. The maximum Gasteiger partial charge on any atom is 0.262 e. The van der Waals surface area contributed by atoms with Crippen LogP contribution < -0.4 is 5.32 Å². The van der Waals surface area contributed by atoms with Crippen LogP contribution in [0.15, 0.2) is 36.4 Å². The first kappa shape index (κ1) is 20.4. The molecule has 0 saturated heterocycles. The molecule has 3 amide bonds. The van der Waals surface area contributed by atoms with Gasteiger partial charge in [0.25, 0.3) is 11.8 Å². The number of halogens is 2. The summed E-state index contributed by atoms with van der Waals surface area (Å²) in [7, 11) is 0. The van der Waals surface area contributed by atoms with Crippen LogP contribution in [0.1, 0.15) is 46.5 Å². The minimum atomic E-state index is -0.939. The van der Waals surface area contributed by atoms with Gasteiger partial charge in [0.15, 0.2) is 0 Å². The van der Waals surface area contributed by atoms with E-state index >= 15 is 0 Å². The first-order chi connectivity index (χ1) is 13.2. The second kappa shape index (κ2) is 7.94. The number of hydrogen-bond donors (Lipinski definition) is 1. The maximum atomic E-state index is 13.0. The average Bonchev–Trinajstić information content (AvgIpc) is 2.86. The quantitative estimate of drug-likeness (QED) is 0.698. The Hall–Kier alpha value is -2.37. The fraction of sp³-hybridized carbons (Fsp3) is 0.286. The number of nitrogens with zero attached hydrogens (tertiary/aromatic N) is 1. The van der Waals surface area contributed by atoms with Crippen molar-refractivity contribution < 1.29 is 14.4 Å². The molecular weight excluding hydrogens is 399 g/mol. The van der Waals surface area contributed by atoms with Gasteiger partial charge in [0.2, 0.25) is 5.91 Å². The molecular formula is C21H20Cl2N2O3. The van der Waals surface area contributed by atoms with E-state index in [1.165, 1.54) is 12.1 Å². The van der Waals surface area contributed by atoms with Gasteiger partial charge >= 0.3 is 0 Å². The lowest BCUT2D eigenvalue weighted by atomic mass is 10.0. The van der Waals surface area contributed by atoms with E-state index in [0.717, 1.165) is 10.5 Å². The Bertz CT molecular complexity index is 914. The number of amides is 3. The summed E-state index contributed by atoms with van der Waals surface area (Å²) in [6.45, 7) is 5.80. The van der Waals surface area contributed by atoms with Crippen molar-refractivity contribution in [1.82, 2.24) is 4.90 Å². The van der Waals surface area contributed by atoms with Gasteiger partial charge < -0.3 is 5.32 Å². The number of benzene rings is 2. The lowest BCUT2D eigenvalue weighted by Crippen LogP contribution is -2.47. The summed E-state index contributed by atoms with van der Waals surface area (Å²) in [5, 5.41) is 3.18. The molecule has 0 aliphatic carbocycles. The van der Waals surface area contributed by atoms with Crippen molar-refractivity contribution in [2.24, 2.45) is 5.92 Å². The molecule has 0 fully saturated rings. The standard InChI is InChI=1S/C21H20Cl2N2O3/c1-11(2)8-18(19(26)24-13-6-4-12(3)5-7-13)25-20(27)14-9-16(22)17(23)10-15(14)21(25)28/h4-7,9-11,18H,8H2,1-3H3,(H,24,26)/t18-/m1/s1. The van der Waals surface area contributed by atoms with Crippen LogP contribution in [0.25, 0.3) is 0 Å². The van der Waals surface area contributed by atoms with Crippen LogP contribution in [0.4, 0.5) is 5.69 Å². The fourth-order valence-electron chi connectivity index (χ4n) is 3.17. The number of anilines is 1. The number of imide groups is 1. The lowest BCUT2D eigenvalue weighted by molar-refractivity contribution is -0.120. The van der Waals surface area contributed by atoms with Crippen molar-refractivity contribution in [2.45, 2.75) is 33.2 Å². The largest absolute Gasteiger partial charge is 0.324 e. The number of aryl methyl sites for hydroxylation is 1. The third-order valence-corrected chi connectivity index (χ3v) is 5.31. The number of hydrogen-bond acceptors (Lipinski definition) is 3. The summed E-state index contributed by atoms with van der Waals surface area (Å²) in [6, 6.07) is 9.13. The third-order valence-electron chi connectivity index (χ3n) is 4.59. The minimum absolute atomic E-state index is 0.0882. The van der Waals surface area contributed by atoms with E-state index < -0.39 is 23.8 Å². The summed E-state index contributed by atoms with van der Waals surface area (Å²) in [5.74, 6) is -1.40. The molecule has 1 aliphatic heterocycles. The van der Waals surface area contributed by atoms with Crippen LogP contribution in [-0.4, -0.2) is 28.7 Å². The maximum absolute atomic E-state index is 13.0. The zero-order chi connectivity index (χ0) is 20.6. The van der Waals surface area contributed by atoms with E-state index in [2.05, 4.69) is 5.32 Å². The van der Waals surface area contributed by atoms with Gasteiger partial charge in [-0.25, -0.2) is 0 Å². The third kappa shape index (κ3) is 3.91. The molecule has 2 aromatic carbocycles. The molecule has 0 saturated carbocycles. The Morgan fingerprint density at radius 3 is 1.96 bits per heavy atom. The van der Waals surface area contributed by atoms with Crippen molar-refractivity contribution in [2.75, 3.05) is 5.32 Å². The molecule has 28 heavy (non-hydrogen) atoms. The first-order valence-electron chi connectivity index (χ1n) is 8.93. The monoisotopic (exact) mass is 418 g/mol. The van der Waals surface area contributed by atoms with Crippen molar-refractivity contribution in [3.05, 3.63) is 63.1 Å². The molecule has 1 atom stereocenters. The molecule has 0 bridgehead atoms. The molecule has 0 unspecified atom stereocenters. The molecule has 0 radical (unpaired) electrons. The number of nitrogens with one attached hydrogen (secondary N) is 1. The second-order valence-electron chi connectivity index (χ2n) is 7.29. The SMILES string of the molecule is Cc1ccc(NC(=O)[C@@H](CC(C)C)N2C(=O)c3cc(Cl)c(Cl)cc3C2=O)cc1. The van der Waals surface area contributed by atoms with E-state index in [4.69, 9.17) is 23.2 Å². The van der Waals surface area contributed by atoms with Crippen molar-refractivity contribution in [3.63, 3.8) is 0 Å². The topological polar surface area (TPSA) is 66.5 Å². The Morgan fingerprint density at radius 1 is 1.00 bits per heavy atom. The highest BCUT2D eigenvalue weighted by Gasteiger charge is 2.43. The minimum Gasteiger partial charge on any atom is -0.324 e. The number of carbonyl (C=O) groups excluding carboxylic acids is 3. The van der Waals surface area contributed by atoms with Crippen LogP contribution in [0.5, 0.6) is 0 Å². The number of fused-ring (bicyclic) bond motifs is 1. The summed E-state index contributed by atoms with van der Waals surface area (Å²) < 4.78 is 0. The highest BCUT2D eigenvalue weighted by atomic mass is 35.5. The molecule has 5 nitrogen and oxygen atoms in total. The molecule has 1 heterocycles. The van der Waals surface area contributed by atoms with Crippen LogP contribution >= 0.6 is 23.2 Å². The summed E-state index contributed by atoms with van der Waals surface area (Å²) in [6.07, 6.45) is 0.338. The summed E-state index contributed by atoms with van der Waals surface area (Å²) in [5.41, 5.74) is 1.99. The van der Waals surface area contributed by atoms with E-state index in [1.54, 1.807) is 12.1 Å². The lowest BCUT2D eigenvalue weighted by Gasteiger charge is -2.26. The average molecular weight is 419 g/mol. The molecule has 0 spiro atoms. The smallest absolute Gasteiger partial charge is 0.262 e. The van der Waals surface area contributed by atoms with Gasteiger partial charge in [0.05, 0.1) is 21.2 Å². The molecule has 2 aromatic rings. The van der Waals surface area contributed by atoms with Crippen LogP contribution in [-0.2, 0) is 4.79 Å². The summed E-state index contributed by atoms with van der Waals surface area (Å²) in [4.78, 5) is 39.8. The van der Waals surface area contributed by atoms with Gasteiger partial charge in [-0.1, -0.05) is 54.7 Å². The zero-order valence-electron chi connectivity index (χ0n) is 15.8. The van der Waals surface area contributed by atoms with Gasteiger partial charge in [-0.15, -0.1) is 0 Å². The molecule has 1 N–H and O–H groups in total. The van der Waals surface area contributed by atoms with E-state index in [1.807, 2.05) is 32.9 Å². The van der Waals surface area contributed by atoms with Gasteiger partial charge in [-0.05, 0) is 43.5 Å². The van der Waals surface area contributed by atoms with Gasteiger partial charge in [-0.2, -0.15) is 0 Å². The second-order valence-corrected chi connectivity index (χ2v) is 8.11. The van der Waals surface area contributed by atoms with E-state index in [9.17, 15) is 14.4 Å². The Kier molecular flexibility index (Phi) is 5.77. The molecule has 146 valence electrons. The fourth-order valence-corrected chi connectivity index (χ4v) is 3.50. The van der Waals surface area contributed by atoms with Crippen LogP contribution in [0, 0.1) is 12.8 Å². The molecule has 3 rings (SSSR count). The number of carbonyl (C=O) groups is 3. The van der Waals surface area contributed by atoms with Gasteiger partial charge in [0.1, 0.15) is 6.04 Å². The van der Waals surface area contributed by atoms with Crippen molar-refractivity contribution in [1.29, 1.82) is 0 Å². The Morgan fingerprint density at radius 2 is 1.50 bits per heavy atom. The van der Waals surface area contributed by atoms with E-state index in [0.29, 0.717) is 12.1 Å². The molecule has 1 aliphatic rings. The predicted molar refractivity (Wildman–Crippen MR) is 110 cm³/mol. The van der Waals surface area contributed by atoms with Gasteiger partial charge in [-0.3, -0.25) is 19.3 Å².